The topological polar surface area (TPSA) is 55.1 Å². The third-order valence-corrected chi connectivity index (χ3v) is 4.96. The average Bonchev–Trinajstić information content (AvgIpc) is 2.50. The Morgan fingerprint density at radius 1 is 1.35 bits per heavy atom. The number of carbonyl (C=O) groups is 1. The summed E-state index contributed by atoms with van der Waals surface area (Å²) in [6, 6.07) is 4.92. The molecule has 3 N–H and O–H groups in total. The second-order valence-corrected chi connectivity index (χ2v) is 6.74. The van der Waals surface area contributed by atoms with Crippen LogP contribution in [0.3, 0.4) is 0 Å². The molecule has 0 spiro atoms. The minimum absolute atomic E-state index is 0. The molecule has 0 aliphatic heterocycles. The van der Waals surface area contributed by atoms with Crippen LogP contribution in [0.15, 0.2) is 18.2 Å². The van der Waals surface area contributed by atoms with E-state index in [1.54, 1.807) is 13.0 Å². The zero-order chi connectivity index (χ0) is 16.2. The number of halogens is 2. The summed E-state index contributed by atoms with van der Waals surface area (Å²) in [5.74, 6) is -0.217. The molecule has 130 valence electrons. The molecule has 1 saturated carbocycles. The Bertz CT molecular complexity index is 530. The largest absolute Gasteiger partial charge is 0.350 e. The summed E-state index contributed by atoms with van der Waals surface area (Å²) >= 11 is 0. The molecule has 1 aliphatic carbocycles. The van der Waals surface area contributed by atoms with Crippen LogP contribution in [0.5, 0.6) is 0 Å². The SMILES string of the molecule is Cc1ccc(C(C)NC(=O)CC2(CN)CCCCC2)cc1F.Cl. The molecule has 5 heteroatoms. The van der Waals surface area contributed by atoms with Gasteiger partial charge in [0.1, 0.15) is 5.82 Å². The van der Waals surface area contributed by atoms with Crippen molar-refractivity contribution in [3.63, 3.8) is 0 Å². The maximum absolute atomic E-state index is 13.6. The van der Waals surface area contributed by atoms with Gasteiger partial charge >= 0.3 is 0 Å². The van der Waals surface area contributed by atoms with Crippen LogP contribution in [0.2, 0.25) is 0 Å². The summed E-state index contributed by atoms with van der Waals surface area (Å²) < 4.78 is 13.6. The van der Waals surface area contributed by atoms with Crippen LogP contribution in [-0.4, -0.2) is 12.5 Å². The molecule has 3 nitrogen and oxygen atoms in total. The van der Waals surface area contributed by atoms with Crippen LogP contribution in [0.4, 0.5) is 4.39 Å². The van der Waals surface area contributed by atoms with E-state index in [0.717, 1.165) is 31.2 Å². The molecule has 1 aliphatic rings. The van der Waals surface area contributed by atoms with Crippen molar-refractivity contribution in [1.29, 1.82) is 0 Å². The smallest absolute Gasteiger partial charge is 0.221 e. The molecule has 0 saturated heterocycles. The first-order chi connectivity index (χ1) is 10.5. The normalized spacial score (nSPS) is 17.9. The van der Waals surface area contributed by atoms with E-state index in [-0.39, 0.29) is 35.6 Å². The van der Waals surface area contributed by atoms with Crippen LogP contribution in [0.25, 0.3) is 0 Å². The van der Waals surface area contributed by atoms with Crippen molar-refractivity contribution in [3.8, 4) is 0 Å². The number of rotatable bonds is 5. The summed E-state index contributed by atoms with van der Waals surface area (Å²) in [5, 5.41) is 2.99. The number of amides is 1. The van der Waals surface area contributed by atoms with E-state index in [2.05, 4.69) is 5.32 Å². The van der Waals surface area contributed by atoms with Gasteiger partial charge in [-0.25, -0.2) is 4.39 Å². The predicted molar refractivity (Wildman–Crippen MR) is 94.1 cm³/mol. The van der Waals surface area contributed by atoms with E-state index in [9.17, 15) is 9.18 Å². The summed E-state index contributed by atoms with van der Waals surface area (Å²) in [4.78, 5) is 12.4. The molecule has 0 radical (unpaired) electrons. The van der Waals surface area contributed by atoms with E-state index in [0.29, 0.717) is 18.5 Å². The summed E-state index contributed by atoms with van der Waals surface area (Å²) in [5.41, 5.74) is 7.30. The molecule has 1 fully saturated rings. The van der Waals surface area contributed by atoms with Crippen molar-refractivity contribution in [2.24, 2.45) is 11.1 Å². The fourth-order valence-electron chi connectivity index (χ4n) is 3.35. The molecule has 0 aromatic heterocycles. The van der Waals surface area contributed by atoms with Gasteiger partial charge in [-0.1, -0.05) is 31.4 Å². The molecule has 0 bridgehead atoms. The van der Waals surface area contributed by atoms with Gasteiger partial charge in [-0.2, -0.15) is 0 Å². The quantitative estimate of drug-likeness (QED) is 0.848. The molecular formula is C18H28ClFN2O. The molecular weight excluding hydrogens is 315 g/mol. The highest BCUT2D eigenvalue weighted by molar-refractivity contribution is 5.85. The standard InChI is InChI=1S/C18H27FN2O.ClH/c1-13-6-7-15(10-16(13)19)14(2)21-17(22)11-18(12-20)8-4-3-5-9-18;/h6-7,10,14H,3-5,8-9,11-12,20H2,1-2H3,(H,21,22);1H. The Morgan fingerprint density at radius 2 is 2.00 bits per heavy atom. The zero-order valence-electron chi connectivity index (χ0n) is 14.0. The zero-order valence-corrected chi connectivity index (χ0v) is 14.8. The first-order valence-corrected chi connectivity index (χ1v) is 8.21. The lowest BCUT2D eigenvalue weighted by Crippen LogP contribution is -2.39. The van der Waals surface area contributed by atoms with E-state index in [1.807, 2.05) is 13.0 Å². The lowest BCUT2D eigenvalue weighted by atomic mass is 9.71. The van der Waals surface area contributed by atoms with Gasteiger partial charge in [0.05, 0.1) is 6.04 Å². The van der Waals surface area contributed by atoms with Gasteiger partial charge in [-0.3, -0.25) is 4.79 Å². The van der Waals surface area contributed by atoms with Gasteiger partial charge in [0, 0.05) is 6.42 Å². The number of hydrogen-bond donors (Lipinski definition) is 2. The highest BCUT2D eigenvalue weighted by Gasteiger charge is 2.33. The number of nitrogens with one attached hydrogen (secondary N) is 1. The molecule has 23 heavy (non-hydrogen) atoms. The first-order valence-electron chi connectivity index (χ1n) is 8.21. The molecule has 1 aromatic carbocycles. The molecule has 1 unspecified atom stereocenters. The maximum Gasteiger partial charge on any atom is 0.221 e. The lowest BCUT2D eigenvalue weighted by molar-refractivity contribution is -0.124. The van der Waals surface area contributed by atoms with Crippen LogP contribution in [0.1, 0.15) is 62.6 Å². The van der Waals surface area contributed by atoms with Crippen LogP contribution >= 0.6 is 12.4 Å². The lowest BCUT2D eigenvalue weighted by Gasteiger charge is -2.36. The fraction of sp³-hybridized carbons (Fsp3) is 0.611. The minimum atomic E-state index is -0.232. The van der Waals surface area contributed by atoms with Gasteiger partial charge in [-0.05, 0) is 55.8 Å². The summed E-state index contributed by atoms with van der Waals surface area (Å²) in [6.45, 7) is 4.18. The average molecular weight is 343 g/mol. The van der Waals surface area contributed by atoms with E-state index in [4.69, 9.17) is 5.73 Å². The van der Waals surface area contributed by atoms with Crippen molar-refractivity contribution in [1.82, 2.24) is 5.32 Å². The Kier molecular flexibility index (Phi) is 7.49. The number of nitrogens with two attached hydrogens (primary N) is 1. The third kappa shape index (κ3) is 5.18. The van der Waals surface area contributed by atoms with Crippen molar-refractivity contribution in [2.45, 2.75) is 58.4 Å². The first kappa shape index (κ1) is 19.9. The van der Waals surface area contributed by atoms with Crippen LogP contribution < -0.4 is 11.1 Å². The van der Waals surface area contributed by atoms with E-state index >= 15 is 0 Å². The Labute approximate surface area is 144 Å². The maximum atomic E-state index is 13.6. The highest BCUT2D eigenvalue weighted by atomic mass is 35.5. The van der Waals surface area contributed by atoms with Crippen molar-refractivity contribution >= 4 is 18.3 Å². The Balaban J connectivity index is 0.00000264. The van der Waals surface area contributed by atoms with Crippen LogP contribution in [-0.2, 0) is 4.79 Å². The molecule has 1 amide bonds. The van der Waals surface area contributed by atoms with Crippen molar-refractivity contribution in [2.75, 3.05) is 6.54 Å². The van der Waals surface area contributed by atoms with Gasteiger partial charge < -0.3 is 11.1 Å². The highest BCUT2D eigenvalue weighted by Crippen LogP contribution is 2.38. The number of benzene rings is 1. The number of hydrogen-bond acceptors (Lipinski definition) is 2. The Morgan fingerprint density at radius 3 is 2.57 bits per heavy atom. The van der Waals surface area contributed by atoms with E-state index in [1.165, 1.54) is 12.5 Å². The van der Waals surface area contributed by atoms with Gasteiger partial charge in [0.15, 0.2) is 0 Å². The fourth-order valence-corrected chi connectivity index (χ4v) is 3.35. The van der Waals surface area contributed by atoms with Gasteiger partial charge in [-0.15, -0.1) is 12.4 Å². The second-order valence-electron chi connectivity index (χ2n) is 6.74. The second kappa shape index (κ2) is 8.65. The number of aryl methyl sites for hydroxylation is 1. The molecule has 1 atom stereocenters. The molecule has 0 heterocycles. The van der Waals surface area contributed by atoms with Crippen molar-refractivity contribution in [3.05, 3.63) is 35.1 Å². The number of carbonyl (C=O) groups excluding carboxylic acids is 1. The van der Waals surface area contributed by atoms with E-state index < -0.39 is 0 Å². The van der Waals surface area contributed by atoms with Crippen molar-refractivity contribution < 1.29 is 9.18 Å². The van der Waals surface area contributed by atoms with Gasteiger partial charge in [0.2, 0.25) is 5.91 Å². The molecule has 2 rings (SSSR count). The molecule has 1 aromatic rings. The third-order valence-electron chi connectivity index (χ3n) is 4.96. The van der Waals surface area contributed by atoms with Gasteiger partial charge in [0.25, 0.3) is 0 Å². The predicted octanol–water partition coefficient (Wildman–Crippen LogP) is 4.03. The minimum Gasteiger partial charge on any atom is -0.350 e. The summed E-state index contributed by atoms with van der Waals surface area (Å²) in [6.07, 6.45) is 6.09. The van der Waals surface area contributed by atoms with Crippen LogP contribution in [0, 0.1) is 18.2 Å². The Hall–Kier alpha value is -1.13. The monoisotopic (exact) mass is 342 g/mol. The summed E-state index contributed by atoms with van der Waals surface area (Å²) in [7, 11) is 0.